The van der Waals surface area contributed by atoms with E-state index in [4.69, 9.17) is 0 Å². The number of carbonyl (C=O) groups excluding carboxylic acids is 4. The van der Waals surface area contributed by atoms with E-state index in [-0.39, 0.29) is 12.0 Å². The molecule has 0 radical (unpaired) electrons. The third-order valence-electron chi connectivity index (χ3n) is 4.63. The topological polar surface area (TPSA) is 170 Å². The van der Waals surface area contributed by atoms with Gasteiger partial charge in [-0.2, -0.15) is 13.2 Å². The molecule has 2 rings (SSSR count). The smallest absolute Gasteiger partial charge is 0.386 e. The summed E-state index contributed by atoms with van der Waals surface area (Å²) in [6.07, 6.45) is -4.28. The van der Waals surface area contributed by atoms with Crippen LogP contribution in [-0.4, -0.2) is 52.9 Å². The van der Waals surface area contributed by atoms with Crippen LogP contribution >= 0.6 is 0 Å². The van der Waals surface area contributed by atoms with Crippen LogP contribution in [0.1, 0.15) is 30.9 Å². The lowest BCUT2D eigenvalue weighted by Gasteiger charge is -2.19. The molecule has 0 spiro atoms. The molecule has 15 heteroatoms. The van der Waals surface area contributed by atoms with Crippen LogP contribution in [0.2, 0.25) is 0 Å². The molecule has 37 heavy (non-hydrogen) atoms. The standard InChI is InChI=1S/C22H22F3N5O7/c23-22(24,25)21(34)37-20(33)12-16(14-5-3-6-15(11-14)30(35)36)29-19(32)13-28-18(31)8-4-10-27-17-7-1-2-9-26-17/h1-3,5-7,9,11,16H,4,8,10,12-13H2,(H,26,27)(H,28,31)(H,29,32). The van der Waals surface area contributed by atoms with Crippen molar-refractivity contribution < 1.29 is 42.0 Å². The van der Waals surface area contributed by atoms with Crippen molar-refractivity contribution in [1.29, 1.82) is 0 Å². The Morgan fingerprint density at radius 2 is 1.84 bits per heavy atom. The molecule has 1 heterocycles. The number of ether oxygens (including phenoxy) is 1. The molecule has 0 saturated heterocycles. The van der Waals surface area contributed by atoms with Crippen LogP contribution < -0.4 is 16.0 Å². The molecule has 1 aromatic carbocycles. The van der Waals surface area contributed by atoms with Gasteiger partial charge in [-0.1, -0.05) is 18.2 Å². The minimum Gasteiger partial charge on any atom is -0.386 e. The minimum absolute atomic E-state index is 0.00844. The van der Waals surface area contributed by atoms with E-state index in [0.717, 1.165) is 12.1 Å². The average molecular weight is 525 g/mol. The van der Waals surface area contributed by atoms with Gasteiger partial charge in [0.2, 0.25) is 11.8 Å². The zero-order valence-corrected chi connectivity index (χ0v) is 19.1. The molecule has 0 aliphatic rings. The van der Waals surface area contributed by atoms with E-state index in [1.165, 1.54) is 12.1 Å². The van der Waals surface area contributed by atoms with Gasteiger partial charge in [-0.15, -0.1) is 0 Å². The number of hydrogen-bond donors (Lipinski definition) is 3. The zero-order chi connectivity index (χ0) is 27.4. The fourth-order valence-corrected chi connectivity index (χ4v) is 2.92. The first-order chi connectivity index (χ1) is 17.5. The number of non-ortho nitro benzene ring substituents is 1. The van der Waals surface area contributed by atoms with Gasteiger partial charge in [0.1, 0.15) is 5.82 Å². The highest BCUT2D eigenvalue weighted by Crippen LogP contribution is 2.23. The first kappa shape index (κ1) is 28.7. The third kappa shape index (κ3) is 10.3. The van der Waals surface area contributed by atoms with E-state index < -0.39 is 59.5 Å². The SMILES string of the molecule is O=C(CCCNc1ccccn1)NCC(=O)NC(CC(=O)OC(=O)C(F)(F)F)c1cccc([N+](=O)[O-])c1. The van der Waals surface area contributed by atoms with Crippen molar-refractivity contribution in [2.24, 2.45) is 0 Å². The van der Waals surface area contributed by atoms with Gasteiger partial charge >= 0.3 is 18.1 Å². The number of pyridine rings is 1. The number of amides is 2. The molecule has 3 N–H and O–H groups in total. The Morgan fingerprint density at radius 3 is 2.49 bits per heavy atom. The molecule has 1 unspecified atom stereocenters. The van der Waals surface area contributed by atoms with Crippen LogP contribution in [0.3, 0.4) is 0 Å². The van der Waals surface area contributed by atoms with Crippen LogP contribution in [0.25, 0.3) is 0 Å². The van der Waals surface area contributed by atoms with Crippen LogP contribution in [0.5, 0.6) is 0 Å². The molecule has 0 aliphatic carbocycles. The van der Waals surface area contributed by atoms with E-state index in [0.29, 0.717) is 18.8 Å². The highest BCUT2D eigenvalue weighted by Gasteiger charge is 2.42. The summed E-state index contributed by atoms with van der Waals surface area (Å²) in [5.74, 6) is -5.05. The summed E-state index contributed by atoms with van der Waals surface area (Å²) in [5.41, 5.74) is -0.421. The first-order valence-electron chi connectivity index (χ1n) is 10.7. The Balaban J connectivity index is 1.93. The lowest BCUT2D eigenvalue weighted by atomic mass is 10.0. The normalized spacial score (nSPS) is 11.6. The van der Waals surface area contributed by atoms with Gasteiger partial charge in [-0.3, -0.25) is 24.5 Å². The molecule has 1 aromatic heterocycles. The highest BCUT2D eigenvalue weighted by molar-refractivity contribution is 5.89. The second-order valence-corrected chi connectivity index (χ2v) is 7.46. The fraction of sp³-hybridized carbons (Fsp3) is 0.318. The predicted octanol–water partition coefficient (Wildman–Crippen LogP) is 2.18. The number of esters is 2. The van der Waals surface area contributed by atoms with Crippen molar-refractivity contribution in [2.75, 3.05) is 18.4 Å². The molecule has 2 amide bonds. The molecule has 1 atom stereocenters. The number of anilines is 1. The number of nitro benzene ring substituents is 1. The van der Waals surface area contributed by atoms with E-state index in [1.807, 2.05) is 0 Å². The number of nitrogens with zero attached hydrogens (tertiary/aromatic N) is 2. The molecular weight excluding hydrogens is 503 g/mol. The summed E-state index contributed by atoms with van der Waals surface area (Å²) in [7, 11) is 0. The van der Waals surface area contributed by atoms with Crippen molar-refractivity contribution in [3.63, 3.8) is 0 Å². The number of hydrogen-bond acceptors (Lipinski definition) is 9. The maximum atomic E-state index is 12.4. The number of aromatic nitrogens is 1. The zero-order valence-electron chi connectivity index (χ0n) is 19.1. The van der Waals surface area contributed by atoms with E-state index in [9.17, 15) is 42.5 Å². The van der Waals surface area contributed by atoms with Crippen molar-refractivity contribution in [3.05, 3.63) is 64.3 Å². The number of rotatable bonds is 12. The number of halogens is 3. The number of nitrogens with one attached hydrogen (secondary N) is 3. The number of nitro groups is 1. The van der Waals surface area contributed by atoms with Gasteiger partial charge in [0, 0.05) is 31.3 Å². The molecule has 198 valence electrons. The molecule has 12 nitrogen and oxygen atoms in total. The lowest BCUT2D eigenvalue weighted by Crippen LogP contribution is -2.39. The molecule has 0 bridgehead atoms. The summed E-state index contributed by atoms with van der Waals surface area (Å²) in [5, 5.41) is 18.7. The summed E-state index contributed by atoms with van der Waals surface area (Å²) < 4.78 is 40.9. The Labute approximate surface area is 207 Å². The summed E-state index contributed by atoms with van der Waals surface area (Å²) in [6.45, 7) is -0.112. The molecule has 0 saturated carbocycles. The second kappa shape index (κ2) is 13.5. The molecule has 0 aliphatic heterocycles. The van der Waals surface area contributed by atoms with Crippen LogP contribution in [0.15, 0.2) is 48.7 Å². The maximum Gasteiger partial charge on any atom is 0.491 e. The van der Waals surface area contributed by atoms with Gasteiger partial charge in [-0.05, 0) is 24.1 Å². The highest BCUT2D eigenvalue weighted by atomic mass is 19.4. The maximum absolute atomic E-state index is 12.4. The Kier molecular flexibility index (Phi) is 10.5. The molecular formula is C22H22F3N5O7. The molecule has 2 aromatic rings. The predicted molar refractivity (Wildman–Crippen MR) is 121 cm³/mol. The van der Waals surface area contributed by atoms with Crippen molar-refractivity contribution in [2.45, 2.75) is 31.5 Å². The third-order valence-corrected chi connectivity index (χ3v) is 4.63. The van der Waals surface area contributed by atoms with E-state index >= 15 is 0 Å². The van der Waals surface area contributed by atoms with Gasteiger partial charge in [0.15, 0.2) is 0 Å². The van der Waals surface area contributed by atoms with Gasteiger partial charge in [0.05, 0.1) is 23.9 Å². The largest absolute Gasteiger partial charge is 0.491 e. The summed E-state index contributed by atoms with van der Waals surface area (Å²) >= 11 is 0. The number of alkyl halides is 3. The molecule has 0 fully saturated rings. The van der Waals surface area contributed by atoms with Crippen LogP contribution in [0, 0.1) is 10.1 Å². The lowest BCUT2D eigenvalue weighted by molar-refractivity contribution is -0.384. The van der Waals surface area contributed by atoms with Gasteiger partial charge < -0.3 is 20.7 Å². The minimum atomic E-state index is -5.42. The van der Waals surface area contributed by atoms with Crippen molar-refractivity contribution >= 4 is 35.3 Å². The van der Waals surface area contributed by atoms with Gasteiger partial charge in [0.25, 0.3) is 5.69 Å². The van der Waals surface area contributed by atoms with Gasteiger partial charge in [-0.25, -0.2) is 9.78 Å². The number of benzene rings is 1. The fourth-order valence-electron chi connectivity index (χ4n) is 2.92. The van der Waals surface area contributed by atoms with Crippen LogP contribution in [0.4, 0.5) is 24.7 Å². The summed E-state index contributed by atoms with van der Waals surface area (Å²) in [4.78, 5) is 61.5. The second-order valence-electron chi connectivity index (χ2n) is 7.46. The number of carbonyl (C=O) groups is 4. The average Bonchev–Trinajstić information content (AvgIpc) is 2.85. The quantitative estimate of drug-likeness (QED) is 0.124. The van der Waals surface area contributed by atoms with Crippen molar-refractivity contribution in [3.8, 4) is 0 Å². The van der Waals surface area contributed by atoms with E-state index in [1.54, 1.807) is 24.4 Å². The Bertz CT molecular complexity index is 1130. The first-order valence-corrected chi connectivity index (χ1v) is 10.7. The monoisotopic (exact) mass is 525 g/mol. The van der Waals surface area contributed by atoms with Crippen molar-refractivity contribution in [1.82, 2.24) is 15.6 Å². The summed E-state index contributed by atoms with van der Waals surface area (Å²) in [6, 6.07) is 8.53. The van der Waals surface area contributed by atoms with E-state index in [2.05, 4.69) is 25.7 Å². The Morgan fingerprint density at radius 1 is 1.08 bits per heavy atom. The Hall–Kier alpha value is -4.56. The van der Waals surface area contributed by atoms with Crippen LogP contribution in [-0.2, 0) is 23.9 Å².